The molecule has 1 unspecified atom stereocenters. The van der Waals surface area contributed by atoms with Crippen LogP contribution in [0, 0.1) is 0 Å². The predicted octanol–water partition coefficient (Wildman–Crippen LogP) is 3.87. The fourth-order valence-corrected chi connectivity index (χ4v) is 2.84. The third-order valence-corrected chi connectivity index (χ3v) is 3.92. The van der Waals surface area contributed by atoms with Crippen molar-refractivity contribution in [2.24, 2.45) is 0 Å². The summed E-state index contributed by atoms with van der Waals surface area (Å²) in [5.41, 5.74) is 1.13. The molecule has 0 radical (unpaired) electrons. The Bertz CT molecular complexity index is 536. The second kappa shape index (κ2) is 5.47. The van der Waals surface area contributed by atoms with Gasteiger partial charge >= 0.3 is 0 Å². The molecule has 3 nitrogen and oxygen atoms in total. The van der Waals surface area contributed by atoms with Gasteiger partial charge in [0.05, 0.1) is 10.7 Å². The number of aliphatic hydroxyl groups excluding tert-OH is 1. The largest absolute Gasteiger partial charge is 0.463 e. The van der Waals surface area contributed by atoms with Crippen molar-refractivity contribution in [3.05, 3.63) is 39.7 Å². The Morgan fingerprint density at radius 2 is 2.11 bits per heavy atom. The van der Waals surface area contributed by atoms with Crippen molar-refractivity contribution in [2.75, 3.05) is 0 Å². The van der Waals surface area contributed by atoms with Crippen LogP contribution in [0.5, 0.6) is 0 Å². The van der Waals surface area contributed by atoms with Crippen LogP contribution in [0.3, 0.4) is 0 Å². The fraction of sp³-hybridized carbons (Fsp3) is 0.533. The van der Waals surface area contributed by atoms with Crippen molar-refractivity contribution in [1.82, 2.24) is 4.98 Å². The molecule has 19 heavy (non-hydrogen) atoms. The Hall–Kier alpha value is -1.13. The molecule has 0 aliphatic carbocycles. The molecular formula is C15H21NO2S. The van der Waals surface area contributed by atoms with E-state index in [2.05, 4.69) is 31.1 Å². The molecular weight excluding hydrogens is 258 g/mol. The third kappa shape index (κ3) is 3.45. The lowest BCUT2D eigenvalue weighted by molar-refractivity contribution is 0.148. The van der Waals surface area contributed by atoms with Crippen molar-refractivity contribution < 1.29 is 9.52 Å². The van der Waals surface area contributed by atoms with Crippen LogP contribution in [0.1, 0.15) is 56.0 Å². The van der Waals surface area contributed by atoms with E-state index in [1.165, 1.54) is 0 Å². The zero-order valence-corrected chi connectivity index (χ0v) is 12.8. The van der Waals surface area contributed by atoms with Crippen molar-refractivity contribution >= 4 is 11.3 Å². The molecule has 2 rings (SSSR count). The summed E-state index contributed by atoms with van der Waals surface area (Å²) in [5.74, 6) is 1.54. The summed E-state index contributed by atoms with van der Waals surface area (Å²) in [6.45, 7) is 8.46. The lowest BCUT2D eigenvalue weighted by Crippen LogP contribution is -2.11. The number of rotatable bonds is 4. The Morgan fingerprint density at radius 3 is 2.63 bits per heavy atom. The van der Waals surface area contributed by atoms with Crippen LogP contribution in [0.15, 0.2) is 21.9 Å². The van der Waals surface area contributed by atoms with Crippen molar-refractivity contribution in [2.45, 2.75) is 52.1 Å². The van der Waals surface area contributed by atoms with E-state index in [4.69, 9.17) is 4.42 Å². The topological polar surface area (TPSA) is 46.3 Å². The van der Waals surface area contributed by atoms with Gasteiger partial charge in [-0.15, -0.1) is 11.3 Å². The maximum Gasteiger partial charge on any atom is 0.133 e. The SMILES string of the molecule is CCc1ccc(C(O)Cc2nc(C(C)(C)C)cs2)o1. The molecule has 0 saturated carbocycles. The van der Waals surface area contributed by atoms with E-state index in [0.717, 1.165) is 22.9 Å². The summed E-state index contributed by atoms with van der Waals surface area (Å²) in [6.07, 6.45) is 0.745. The smallest absolute Gasteiger partial charge is 0.133 e. The molecule has 0 fully saturated rings. The molecule has 0 spiro atoms. The minimum atomic E-state index is -0.612. The number of hydrogen-bond acceptors (Lipinski definition) is 4. The molecule has 4 heteroatoms. The van der Waals surface area contributed by atoms with Gasteiger partial charge in [-0.25, -0.2) is 4.98 Å². The number of thiazole rings is 1. The predicted molar refractivity (Wildman–Crippen MR) is 77.6 cm³/mol. The summed E-state index contributed by atoms with van der Waals surface area (Å²) < 4.78 is 5.57. The highest BCUT2D eigenvalue weighted by Gasteiger charge is 2.20. The lowest BCUT2D eigenvalue weighted by atomic mass is 9.93. The highest BCUT2D eigenvalue weighted by Crippen LogP contribution is 2.27. The minimum Gasteiger partial charge on any atom is -0.463 e. The van der Waals surface area contributed by atoms with Crippen LogP contribution in [0.4, 0.5) is 0 Å². The van der Waals surface area contributed by atoms with Gasteiger partial charge < -0.3 is 9.52 Å². The average Bonchev–Trinajstić information content (AvgIpc) is 2.95. The lowest BCUT2D eigenvalue weighted by Gasteiger charge is -2.14. The van der Waals surface area contributed by atoms with Crippen molar-refractivity contribution in [1.29, 1.82) is 0 Å². The minimum absolute atomic E-state index is 0.0553. The Labute approximate surface area is 118 Å². The molecule has 104 valence electrons. The summed E-state index contributed by atoms with van der Waals surface area (Å²) in [4.78, 5) is 4.59. The Morgan fingerprint density at radius 1 is 1.37 bits per heavy atom. The van der Waals surface area contributed by atoms with Gasteiger partial charge in [0.15, 0.2) is 0 Å². The molecule has 0 aliphatic heterocycles. The van der Waals surface area contributed by atoms with Gasteiger partial charge in [0, 0.05) is 23.6 Å². The number of hydrogen-bond donors (Lipinski definition) is 1. The van der Waals surface area contributed by atoms with Crippen LogP contribution in [-0.4, -0.2) is 10.1 Å². The van der Waals surface area contributed by atoms with E-state index in [1.807, 2.05) is 19.1 Å². The molecule has 0 aromatic carbocycles. The van der Waals surface area contributed by atoms with Crippen molar-refractivity contribution in [3.8, 4) is 0 Å². The number of aliphatic hydroxyl groups is 1. The molecule has 1 N–H and O–H groups in total. The first-order valence-corrected chi connectivity index (χ1v) is 7.49. The first kappa shape index (κ1) is 14.3. The first-order valence-electron chi connectivity index (χ1n) is 6.61. The normalized spacial score (nSPS) is 13.7. The van der Waals surface area contributed by atoms with E-state index in [0.29, 0.717) is 12.2 Å². The molecule has 0 amide bonds. The van der Waals surface area contributed by atoms with Crippen LogP contribution < -0.4 is 0 Å². The van der Waals surface area contributed by atoms with Gasteiger partial charge in [-0.3, -0.25) is 0 Å². The molecule has 0 bridgehead atoms. The highest BCUT2D eigenvalue weighted by atomic mass is 32.1. The first-order chi connectivity index (χ1) is 8.90. The number of furan rings is 1. The summed E-state index contributed by atoms with van der Waals surface area (Å²) in [7, 11) is 0. The summed E-state index contributed by atoms with van der Waals surface area (Å²) >= 11 is 1.60. The molecule has 2 aromatic heterocycles. The molecule has 0 saturated heterocycles. The molecule has 2 aromatic rings. The zero-order valence-electron chi connectivity index (χ0n) is 11.9. The number of aryl methyl sites for hydroxylation is 1. The van der Waals surface area contributed by atoms with Gasteiger partial charge in [-0.2, -0.15) is 0 Å². The van der Waals surface area contributed by atoms with E-state index in [-0.39, 0.29) is 5.41 Å². The zero-order chi connectivity index (χ0) is 14.0. The van der Waals surface area contributed by atoms with Crippen LogP contribution in [0.25, 0.3) is 0 Å². The maximum absolute atomic E-state index is 10.2. The Balaban J connectivity index is 2.06. The van der Waals surface area contributed by atoms with E-state index < -0.39 is 6.10 Å². The van der Waals surface area contributed by atoms with Crippen LogP contribution in [-0.2, 0) is 18.3 Å². The van der Waals surface area contributed by atoms with Crippen LogP contribution >= 0.6 is 11.3 Å². The monoisotopic (exact) mass is 279 g/mol. The standard InChI is InChI=1S/C15H21NO2S/c1-5-10-6-7-12(18-10)11(17)8-14-16-13(9-19-14)15(2,3)4/h6-7,9,11,17H,5,8H2,1-4H3. The van der Waals surface area contributed by atoms with Gasteiger partial charge in [0.1, 0.15) is 17.6 Å². The molecule has 0 aliphatic rings. The fourth-order valence-electron chi connectivity index (χ4n) is 1.78. The second-order valence-electron chi connectivity index (χ2n) is 5.75. The van der Waals surface area contributed by atoms with Gasteiger partial charge in [0.2, 0.25) is 0 Å². The summed E-state index contributed by atoms with van der Waals surface area (Å²) in [6, 6.07) is 3.77. The average molecular weight is 279 g/mol. The van der Waals surface area contributed by atoms with Crippen LogP contribution in [0.2, 0.25) is 0 Å². The van der Waals surface area contributed by atoms with E-state index in [9.17, 15) is 5.11 Å². The van der Waals surface area contributed by atoms with E-state index in [1.54, 1.807) is 11.3 Å². The Kier molecular flexibility index (Phi) is 4.11. The quantitative estimate of drug-likeness (QED) is 0.924. The van der Waals surface area contributed by atoms with Gasteiger partial charge in [-0.1, -0.05) is 27.7 Å². The van der Waals surface area contributed by atoms with Gasteiger partial charge in [0.25, 0.3) is 0 Å². The number of nitrogens with zero attached hydrogens (tertiary/aromatic N) is 1. The maximum atomic E-state index is 10.2. The summed E-state index contributed by atoms with van der Waals surface area (Å²) in [5, 5.41) is 13.2. The molecule has 2 heterocycles. The molecule has 1 atom stereocenters. The van der Waals surface area contributed by atoms with Crippen molar-refractivity contribution in [3.63, 3.8) is 0 Å². The highest BCUT2D eigenvalue weighted by molar-refractivity contribution is 7.09. The second-order valence-corrected chi connectivity index (χ2v) is 6.70. The number of aromatic nitrogens is 1. The third-order valence-electron chi connectivity index (χ3n) is 3.05. The van der Waals surface area contributed by atoms with Gasteiger partial charge in [-0.05, 0) is 12.1 Å². The van der Waals surface area contributed by atoms with E-state index >= 15 is 0 Å².